The van der Waals surface area contributed by atoms with E-state index in [1.807, 2.05) is 6.07 Å². The summed E-state index contributed by atoms with van der Waals surface area (Å²) in [6, 6.07) is 5.33. The number of aromatic nitrogens is 1. The Bertz CT molecular complexity index is 427. The maximum Gasteiger partial charge on any atom is 0.316 e. The molecule has 3 unspecified atom stereocenters. The fourth-order valence-electron chi connectivity index (χ4n) is 2.64. The Morgan fingerprint density at radius 3 is 2.88 bits per heavy atom. The van der Waals surface area contributed by atoms with E-state index in [4.69, 9.17) is 4.74 Å². The lowest BCUT2D eigenvalue weighted by atomic mass is 9.94. The second-order valence-electron chi connectivity index (χ2n) is 4.48. The first-order valence-corrected chi connectivity index (χ1v) is 5.64. The highest BCUT2D eigenvalue weighted by molar-refractivity contribution is 5.76. The number of hydrogen-bond donors (Lipinski definition) is 0. The third kappa shape index (κ3) is 1.62. The zero-order valence-corrected chi connectivity index (χ0v) is 8.87. The van der Waals surface area contributed by atoms with Crippen molar-refractivity contribution < 1.29 is 9.53 Å². The van der Waals surface area contributed by atoms with E-state index in [2.05, 4.69) is 17.1 Å². The molecule has 1 saturated carbocycles. The van der Waals surface area contributed by atoms with Gasteiger partial charge < -0.3 is 4.74 Å². The maximum atomic E-state index is 11.9. The van der Waals surface area contributed by atoms with E-state index >= 15 is 0 Å². The van der Waals surface area contributed by atoms with Crippen LogP contribution in [0.2, 0.25) is 0 Å². The molecule has 3 heteroatoms. The van der Waals surface area contributed by atoms with Crippen LogP contribution < -0.4 is 4.74 Å². The highest BCUT2D eigenvalue weighted by Crippen LogP contribution is 2.43. The van der Waals surface area contributed by atoms with E-state index in [0.29, 0.717) is 17.7 Å². The minimum absolute atomic E-state index is 0.0389. The van der Waals surface area contributed by atoms with Gasteiger partial charge in [-0.05, 0) is 30.7 Å². The minimum atomic E-state index is -0.129. The van der Waals surface area contributed by atoms with Crippen molar-refractivity contribution in [2.75, 3.05) is 0 Å². The van der Waals surface area contributed by atoms with Gasteiger partial charge in [-0.15, -0.1) is 0 Å². The predicted octanol–water partition coefficient (Wildman–Crippen LogP) is 2.20. The largest absolute Gasteiger partial charge is 0.407 e. The predicted molar refractivity (Wildman–Crippen MR) is 58.7 cm³/mol. The standard InChI is InChI=1S/C13H13NO2/c15-13(16-12-3-1-2-6-14-12)11-8-9-4-5-10(11)7-9/h1-6,9-11H,7-8H2. The van der Waals surface area contributed by atoms with Crippen molar-refractivity contribution in [3.05, 3.63) is 36.5 Å². The molecule has 0 aliphatic heterocycles. The van der Waals surface area contributed by atoms with Crippen molar-refractivity contribution >= 4 is 5.97 Å². The number of fused-ring (bicyclic) bond motifs is 2. The van der Waals surface area contributed by atoms with E-state index < -0.39 is 0 Å². The Morgan fingerprint density at radius 2 is 2.25 bits per heavy atom. The van der Waals surface area contributed by atoms with Crippen LogP contribution in [0.4, 0.5) is 0 Å². The second kappa shape index (κ2) is 3.74. The number of nitrogens with zero attached hydrogens (tertiary/aromatic N) is 1. The van der Waals surface area contributed by atoms with Gasteiger partial charge >= 0.3 is 5.97 Å². The summed E-state index contributed by atoms with van der Waals surface area (Å²) in [6.45, 7) is 0. The minimum Gasteiger partial charge on any atom is -0.407 e. The van der Waals surface area contributed by atoms with Crippen molar-refractivity contribution in [3.8, 4) is 5.88 Å². The van der Waals surface area contributed by atoms with Crippen LogP contribution in [0.3, 0.4) is 0 Å². The van der Waals surface area contributed by atoms with Gasteiger partial charge in [0.2, 0.25) is 5.88 Å². The van der Waals surface area contributed by atoms with Crippen LogP contribution in [0, 0.1) is 17.8 Å². The van der Waals surface area contributed by atoms with Crippen LogP contribution in [-0.2, 0) is 4.79 Å². The number of allylic oxidation sites excluding steroid dienone is 2. The summed E-state index contributed by atoms with van der Waals surface area (Å²) < 4.78 is 5.27. The Hall–Kier alpha value is -1.64. The highest BCUT2D eigenvalue weighted by atomic mass is 16.5. The summed E-state index contributed by atoms with van der Waals surface area (Å²) in [4.78, 5) is 15.9. The van der Waals surface area contributed by atoms with E-state index in [-0.39, 0.29) is 11.9 Å². The van der Waals surface area contributed by atoms with E-state index in [0.717, 1.165) is 12.8 Å². The molecule has 0 amide bonds. The SMILES string of the molecule is O=C(Oc1ccccn1)C1CC2C=CC1C2. The molecule has 3 nitrogen and oxygen atoms in total. The first kappa shape index (κ1) is 9.58. The van der Waals surface area contributed by atoms with Crippen molar-refractivity contribution in [2.24, 2.45) is 17.8 Å². The van der Waals surface area contributed by atoms with Crippen molar-refractivity contribution in [3.63, 3.8) is 0 Å². The Morgan fingerprint density at radius 1 is 1.31 bits per heavy atom. The first-order valence-electron chi connectivity index (χ1n) is 5.64. The lowest BCUT2D eigenvalue weighted by molar-refractivity contribution is -0.140. The van der Waals surface area contributed by atoms with E-state index in [1.165, 1.54) is 0 Å². The van der Waals surface area contributed by atoms with Gasteiger partial charge in [0.15, 0.2) is 0 Å². The van der Waals surface area contributed by atoms with Gasteiger partial charge in [0.05, 0.1) is 5.92 Å². The molecule has 1 aromatic rings. The normalized spacial score (nSPS) is 30.6. The molecule has 0 spiro atoms. The van der Waals surface area contributed by atoms with E-state index in [9.17, 15) is 4.79 Å². The Labute approximate surface area is 94.1 Å². The average Bonchev–Trinajstić information content (AvgIpc) is 2.92. The van der Waals surface area contributed by atoms with Gasteiger partial charge in [-0.3, -0.25) is 4.79 Å². The van der Waals surface area contributed by atoms with Crippen LogP contribution >= 0.6 is 0 Å². The molecule has 2 bridgehead atoms. The molecule has 1 aromatic heterocycles. The van der Waals surface area contributed by atoms with Crippen LogP contribution in [0.5, 0.6) is 5.88 Å². The molecule has 1 fully saturated rings. The Balaban J connectivity index is 1.69. The third-order valence-corrected chi connectivity index (χ3v) is 3.42. The molecule has 1 heterocycles. The van der Waals surface area contributed by atoms with Crippen LogP contribution in [-0.4, -0.2) is 11.0 Å². The number of rotatable bonds is 2. The summed E-state index contributed by atoms with van der Waals surface area (Å²) >= 11 is 0. The zero-order chi connectivity index (χ0) is 11.0. The molecule has 0 N–H and O–H groups in total. The summed E-state index contributed by atoms with van der Waals surface area (Å²) in [7, 11) is 0. The van der Waals surface area contributed by atoms with Gasteiger partial charge in [-0.1, -0.05) is 18.2 Å². The number of pyridine rings is 1. The summed E-state index contributed by atoms with van der Waals surface area (Å²) in [5, 5.41) is 0. The molecular formula is C13H13NO2. The lowest BCUT2D eigenvalue weighted by Crippen LogP contribution is -2.24. The van der Waals surface area contributed by atoms with Gasteiger partial charge in [0.25, 0.3) is 0 Å². The quantitative estimate of drug-likeness (QED) is 0.560. The van der Waals surface area contributed by atoms with E-state index in [1.54, 1.807) is 18.3 Å². The van der Waals surface area contributed by atoms with Gasteiger partial charge in [-0.2, -0.15) is 0 Å². The lowest BCUT2D eigenvalue weighted by Gasteiger charge is -2.15. The van der Waals surface area contributed by atoms with Gasteiger partial charge in [-0.25, -0.2) is 4.98 Å². The smallest absolute Gasteiger partial charge is 0.316 e. The molecule has 16 heavy (non-hydrogen) atoms. The molecule has 82 valence electrons. The van der Waals surface area contributed by atoms with Gasteiger partial charge in [0.1, 0.15) is 0 Å². The maximum absolute atomic E-state index is 11.9. The zero-order valence-electron chi connectivity index (χ0n) is 8.87. The number of hydrogen-bond acceptors (Lipinski definition) is 3. The number of carbonyl (C=O) groups excluding carboxylic acids is 1. The molecular weight excluding hydrogens is 202 g/mol. The molecule has 3 rings (SSSR count). The topological polar surface area (TPSA) is 39.2 Å². The summed E-state index contributed by atoms with van der Waals surface area (Å²) in [5.74, 6) is 1.29. The third-order valence-electron chi connectivity index (χ3n) is 3.42. The van der Waals surface area contributed by atoms with Crippen LogP contribution in [0.1, 0.15) is 12.8 Å². The van der Waals surface area contributed by atoms with Crippen molar-refractivity contribution in [1.82, 2.24) is 4.98 Å². The number of ether oxygens (including phenoxy) is 1. The number of carbonyl (C=O) groups is 1. The fraction of sp³-hybridized carbons (Fsp3) is 0.385. The number of esters is 1. The molecule has 2 aliphatic rings. The first-order chi connectivity index (χ1) is 7.83. The van der Waals surface area contributed by atoms with Gasteiger partial charge in [0, 0.05) is 12.3 Å². The van der Waals surface area contributed by atoms with Crippen LogP contribution in [0.15, 0.2) is 36.5 Å². The monoisotopic (exact) mass is 215 g/mol. The van der Waals surface area contributed by atoms with Crippen LogP contribution in [0.25, 0.3) is 0 Å². The molecule has 3 atom stereocenters. The summed E-state index contributed by atoms with van der Waals surface area (Å²) in [6.07, 6.45) is 8.05. The molecule has 0 radical (unpaired) electrons. The van der Waals surface area contributed by atoms with Crippen molar-refractivity contribution in [2.45, 2.75) is 12.8 Å². The molecule has 0 aromatic carbocycles. The summed E-state index contributed by atoms with van der Waals surface area (Å²) in [5.41, 5.74) is 0. The molecule has 0 saturated heterocycles. The second-order valence-corrected chi connectivity index (χ2v) is 4.48. The fourth-order valence-corrected chi connectivity index (χ4v) is 2.64. The highest BCUT2D eigenvalue weighted by Gasteiger charge is 2.40. The van der Waals surface area contributed by atoms with Crippen molar-refractivity contribution in [1.29, 1.82) is 0 Å². The average molecular weight is 215 g/mol. The Kier molecular flexibility index (Phi) is 2.24. The molecule has 2 aliphatic carbocycles.